The Morgan fingerprint density at radius 1 is 1.08 bits per heavy atom. The number of pyridine rings is 1. The van der Waals surface area contributed by atoms with Gasteiger partial charge in [0.05, 0.1) is 17.7 Å². The Bertz CT molecular complexity index is 857. The Kier molecular flexibility index (Phi) is 4.75. The Hall–Kier alpha value is -2.88. The fraction of sp³-hybridized carbons (Fsp3) is 0.200. The molecule has 0 radical (unpaired) electrons. The van der Waals surface area contributed by atoms with Crippen LogP contribution in [-0.4, -0.2) is 17.6 Å². The van der Waals surface area contributed by atoms with Gasteiger partial charge in [0.15, 0.2) is 0 Å². The van der Waals surface area contributed by atoms with Crippen LogP contribution in [0.4, 0.5) is 11.4 Å². The minimum atomic E-state index is -0.300. The predicted molar refractivity (Wildman–Crippen MR) is 96.8 cm³/mol. The number of nitrogens with zero attached hydrogens (tertiary/aromatic N) is 1. The van der Waals surface area contributed by atoms with E-state index in [1.54, 1.807) is 25.3 Å². The first-order valence-corrected chi connectivity index (χ1v) is 8.13. The molecule has 122 valence electrons. The third-order valence-electron chi connectivity index (χ3n) is 3.89. The minimum Gasteiger partial charge on any atom is -0.462 e. The summed E-state index contributed by atoms with van der Waals surface area (Å²) in [7, 11) is 0. The van der Waals surface area contributed by atoms with Crippen molar-refractivity contribution < 1.29 is 9.53 Å². The molecule has 3 aromatic rings. The second kappa shape index (κ2) is 7.13. The molecule has 4 nitrogen and oxygen atoms in total. The number of hydrogen-bond acceptors (Lipinski definition) is 4. The second-order valence-electron chi connectivity index (χ2n) is 5.49. The summed E-state index contributed by atoms with van der Waals surface area (Å²) in [6.45, 7) is 4.31. The standard InChI is InChI=1S/C20H20N2O2/c1-3-14-5-10-18-17(13-14)19(11-12-21-18)22-16-8-6-15(7-9-16)20(23)24-4-2/h5-13H,3-4H2,1-2H3,(H,21,22). The summed E-state index contributed by atoms with van der Waals surface area (Å²) >= 11 is 0. The van der Waals surface area contributed by atoms with Crippen LogP contribution in [-0.2, 0) is 11.2 Å². The fourth-order valence-corrected chi connectivity index (χ4v) is 2.58. The van der Waals surface area contributed by atoms with E-state index in [-0.39, 0.29) is 5.97 Å². The molecule has 0 aliphatic rings. The van der Waals surface area contributed by atoms with Gasteiger partial charge in [-0.15, -0.1) is 0 Å². The van der Waals surface area contributed by atoms with Crippen LogP contribution in [0.25, 0.3) is 10.9 Å². The zero-order valence-corrected chi connectivity index (χ0v) is 13.9. The topological polar surface area (TPSA) is 51.2 Å². The number of rotatable bonds is 5. The van der Waals surface area contributed by atoms with E-state index in [9.17, 15) is 4.79 Å². The number of ether oxygens (including phenoxy) is 1. The van der Waals surface area contributed by atoms with Crippen molar-refractivity contribution in [2.45, 2.75) is 20.3 Å². The van der Waals surface area contributed by atoms with Crippen molar-refractivity contribution in [1.29, 1.82) is 0 Å². The van der Waals surface area contributed by atoms with Crippen LogP contribution in [0.1, 0.15) is 29.8 Å². The molecule has 0 saturated heterocycles. The van der Waals surface area contributed by atoms with Gasteiger partial charge in [-0.3, -0.25) is 4.98 Å². The van der Waals surface area contributed by atoms with Crippen LogP contribution < -0.4 is 5.32 Å². The average molecular weight is 320 g/mol. The molecule has 4 heteroatoms. The van der Waals surface area contributed by atoms with Crippen LogP contribution >= 0.6 is 0 Å². The second-order valence-corrected chi connectivity index (χ2v) is 5.49. The van der Waals surface area contributed by atoms with Crippen LogP contribution in [0, 0.1) is 0 Å². The third kappa shape index (κ3) is 3.38. The van der Waals surface area contributed by atoms with E-state index in [4.69, 9.17) is 4.74 Å². The third-order valence-corrected chi connectivity index (χ3v) is 3.89. The fourth-order valence-electron chi connectivity index (χ4n) is 2.58. The van der Waals surface area contributed by atoms with Crippen molar-refractivity contribution in [2.24, 2.45) is 0 Å². The summed E-state index contributed by atoms with van der Waals surface area (Å²) in [6, 6.07) is 15.6. The van der Waals surface area contributed by atoms with Gasteiger partial charge in [0.1, 0.15) is 0 Å². The van der Waals surface area contributed by atoms with Crippen molar-refractivity contribution in [2.75, 3.05) is 11.9 Å². The number of anilines is 2. The summed E-state index contributed by atoms with van der Waals surface area (Å²) < 4.78 is 5.00. The average Bonchev–Trinajstić information content (AvgIpc) is 2.62. The summed E-state index contributed by atoms with van der Waals surface area (Å²) in [4.78, 5) is 16.1. The van der Waals surface area contributed by atoms with Crippen molar-refractivity contribution in [1.82, 2.24) is 4.98 Å². The molecule has 3 rings (SSSR count). The Labute approximate surface area is 141 Å². The highest BCUT2D eigenvalue weighted by Crippen LogP contribution is 2.26. The number of esters is 1. The first-order valence-electron chi connectivity index (χ1n) is 8.13. The number of aromatic nitrogens is 1. The zero-order valence-electron chi connectivity index (χ0n) is 13.9. The van der Waals surface area contributed by atoms with Crippen molar-refractivity contribution in [3.05, 3.63) is 65.9 Å². The maximum absolute atomic E-state index is 11.7. The minimum absolute atomic E-state index is 0.300. The number of hydrogen-bond donors (Lipinski definition) is 1. The predicted octanol–water partition coefficient (Wildman–Crippen LogP) is 4.72. The molecule has 1 aromatic heterocycles. The first-order chi connectivity index (χ1) is 11.7. The first kappa shape index (κ1) is 16.0. The van der Waals surface area contributed by atoms with Gasteiger partial charge >= 0.3 is 5.97 Å². The number of carbonyl (C=O) groups excluding carboxylic acids is 1. The highest BCUT2D eigenvalue weighted by atomic mass is 16.5. The maximum atomic E-state index is 11.7. The number of benzene rings is 2. The molecule has 0 atom stereocenters. The van der Waals surface area contributed by atoms with Crippen LogP contribution in [0.2, 0.25) is 0 Å². The van der Waals surface area contributed by atoms with Gasteiger partial charge in [-0.25, -0.2) is 4.79 Å². The van der Waals surface area contributed by atoms with E-state index in [2.05, 4.69) is 29.4 Å². The molecular weight excluding hydrogens is 300 g/mol. The molecule has 0 aliphatic heterocycles. The lowest BCUT2D eigenvalue weighted by Crippen LogP contribution is -2.04. The summed E-state index contributed by atoms with van der Waals surface area (Å²) in [6.07, 6.45) is 2.78. The molecule has 0 spiro atoms. The van der Waals surface area contributed by atoms with Gasteiger partial charge in [-0.2, -0.15) is 0 Å². The van der Waals surface area contributed by atoms with E-state index < -0.39 is 0 Å². The molecule has 0 fully saturated rings. The maximum Gasteiger partial charge on any atom is 0.338 e. The van der Waals surface area contributed by atoms with Crippen LogP contribution in [0.5, 0.6) is 0 Å². The van der Waals surface area contributed by atoms with E-state index in [1.807, 2.05) is 24.3 Å². The van der Waals surface area contributed by atoms with Crippen molar-refractivity contribution >= 4 is 28.2 Å². The van der Waals surface area contributed by atoms with E-state index in [0.717, 1.165) is 28.7 Å². The molecule has 2 aromatic carbocycles. The molecule has 0 aliphatic carbocycles. The zero-order chi connectivity index (χ0) is 16.9. The van der Waals surface area contributed by atoms with Crippen molar-refractivity contribution in [3.63, 3.8) is 0 Å². The van der Waals surface area contributed by atoms with Crippen molar-refractivity contribution in [3.8, 4) is 0 Å². The lowest BCUT2D eigenvalue weighted by atomic mass is 10.1. The number of nitrogens with one attached hydrogen (secondary N) is 1. The normalized spacial score (nSPS) is 10.6. The lowest BCUT2D eigenvalue weighted by Gasteiger charge is -2.11. The monoisotopic (exact) mass is 320 g/mol. The van der Waals surface area contributed by atoms with E-state index >= 15 is 0 Å². The van der Waals surface area contributed by atoms with Gasteiger partial charge in [0.2, 0.25) is 0 Å². The molecular formula is C20H20N2O2. The number of aryl methyl sites for hydroxylation is 1. The highest BCUT2D eigenvalue weighted by Gasteiger charge is 2.07. The molecule has 24 heavy (non-hydrogen) atoms. The van der Waals surface area contributed by atoms with E-state index in [1.165, 1.54) is 5.56 Å². The Balaban J connectivity index is 1.88. The molecule has 0 unspecified atom stereocenters. The molecule has 0 bridgehead atoms. The van der Waals surface area contributed by atoms with Crippen LogP contribution in [0.15, 0.2) is 54.7 Å². The summed E-state index contributed by atoms with van der Waals surface area (Å²) in [5.41, 5.74) is 4.70. The quantitative estimate of drug-likeness (QED) is 0.691. The highest BCUT2D eigenvalue weighted by molar-refractivity contribution is 5.94. The smallest absolute Gasteiger partial charge is 0.338 e. The summed E-state index contributed by atoms with van der Waals surface area (Å²) in [5, 5.41) is 4.49. The Morgan fingerprint density at radius 2 is 1.88 bits per heavy atom. The summed E-state index contributed by atoms with van der Waals surface area (Å²) in [5.74, 6) is -0.300. The van der Waals surface area contributed by atoms with Gasteiger partial charge in [0.25, 0.3) is 0 Å². The van der Waals surface area contributed by atoms with Crippen LogP contribution in [0.3, 0.4) is 0 Å². The Morgan fingerprint density at radius 3 is 2.58 bits per heavy atom. The molecule has 0 amide bonds. The largest absolute Gasteiger partial charge is 0.462 e. The van der Waals surface area contributed by atoms with Gasteiger partial charge in [0, 0.05) is 23.0 Å². The van der Waals surface area contributed by atoms with Gasteiger partial charge in [-0.1, -0.05) is 13.0 Å². The van der Waals surface area contributed by atoms with Gasteiger partial charge in [-0.05, 0) is 61.4 Å². The number of fused-ring (bicyclic) bond motifs is 1. The molecule has 1 N–H and O–H groups in total. The molecule has 1 heterocycles. The number of carbonyl (C=O) groups is 1. The van der Waals surface area contributed by atoms with Gasteiger partial charge < -0.3 is 10.1 Å². The SMILES string of the molecule is CCOC(=O)c1ccc(Nc2ccnc3ccc(CC)cc23)cc1. The lowest BCUT2D eigenvalue weighted by molar-refractivity contribution is 0.0526. The molecule has 0 saturated carbocycles. The van der Waals surface area contributed by atoms with E-state index in [0.29, 0.717) is 12.2 Å².